The lowest BCUT2D eigenvalue weighted by Gasteiger charge is -2.20. The number of rotatable bonds is 9. The van der Waals surface area contributed by atoms with Crippen molar-refractivity contribution in [2.75, 3.05) is 19.8 Å². The van der Waals surface area contributed by atoms with E-state index in [1.54, 1.807) is 0 Å². The minimum Gasteiger partial charge on any atom is -0.394 e. The van der Waals surface area contributed by atoms with E-state index in [1.165, 1.54) is 0 Å². The molecule has 1 fully saturated rings. The summed E-state index contributed by atoms with van der Waals surface area (Å²) in [4.78, 5) is 0. The molecular formula is C14H26O5. The molecule has 3 N–H and O–H groups in total. The Labute approximate surface area is 114 Å². The Morgan fingerprint density at radius 2 is 2.16 bits per heavy atom. The van der Waals surface area contributed by atoms with Crippen molar-refractivity contribution >= 4 is 0 Å². The number of hydrogen-bond acceptors (Lipinski definition) is 5. The van der Waals surface area contributed by atoms with E-state index in [-0.39, 0.29) is 6.61 Å². The Morgan fingerprint density at radius 3 is 2.84 bits per heavy atom. The average Bonchev–Trinajstić information content (AvgIpc) is 2.78. The van der Waals surface area contributed by atoms with Gasteiger partial charge in [0, 0.05) is 6.61 Å². The van der Waals surface area contributed by atoms with Gasteiger partial charge in [0.25, 0.3) is 0 Å². The summed E-state index contributed by atoms with van der Waals surface area (Å²) in [5, 5.41) is 28.2. The maximum absolute atomic E-state index is 9.89. The zero-order valence-corrected chi connectivity index (χ0v) is 11.6. The van der Waals surface area contributed by atoms with Crippen molar-refractivity contribution in [1.82, 2.24) is 0 Å². The minimum absolute atomic E-state index is 0.265. The van der Waals surface area contributed by atoms with Gasteiger partial charge >= 0.3 is 0 Å². The molecule has 112 valence electrons. The van der Waals surface area contributed by atoms with Crippen LogP contribution in [-0.4, -0.2) is 59.6 Å². The Kier molecular flexibility index (Phi) is 8.25. The fourth-order valence-corrected chi connectivity index (χ4v) is 2.15. The third-order valence-corrected chi connectivity index (χ3v) is 3.32. The molecule has 0 aromatic carbocycles. The molecule has 0 aliphatic carbocycles. The van der Waals surface area contributed by atoms with Gasteiger partial charge in [-0.1, -0.05) is 18.6 Å². The van der Waals surface area contributed by atoms with Crippen LogP contribution in [0.1, 0.15) is 32.6 Å². The summed E-state index contributed by atoms with van der Waals surface area (Å²) in [7, 11) is 0. The van der Waals surface area contributed by atoms with Crippen molar-refractivity contribution in [2.45, 2.75) is 57.0 Å². The van der Waals surface area contributed by atoms with Crippen molar-refractivity contribution in [2.24, 2.45) is 0 Å². The van der Waals surface area contributed by atoms with Crippen molar-refractivity contribution in [3.8, 4) is 0 Å². The summed E-state index contributed by atoms with van der Waals surface area (Å²) in [6, 6.07) is 0. The molecule has 4 atom stereocenters. The molecule has 0 aromatic heterocycles. The standard InChI is InChI=1S/C14H26O5/c1-2-3-4-5-6-7-8-18-12-10-19-14(13(12)17)11(16)9-15/h2-3,11-17H,4-10H2,1H3/b3-2+/t11-,12+,13-,14-/m0/s1. The zero-order chi connectivity index (χ0) is 14.1. The predicted molar refractivity (Wildman–Crippen MR) is 71.9 cm³/mol. The molecule has 1 rings (SSSR count). The van der Waals surface area contributed by atoms with Gasteiger partial charge in [0.2, 0.25) is 0 Å². The second-order valence-electron chi connectivity index (χ2n) is 4.87. The zero-order valence-electron chi connectivity index (χ0n) is 11.6. The molecule has 1 aliphatic heterocycles. The molecule has 1 saturated heterocycles. The number of hydrogen-bond donors (Lipinski definition) is 3. The van der Waals surface area contributed by atoms with Gasteiger partial charge in [-0.3, -0.25) is 0 Å². The van der Waals surface area contributed by atoms with E-state index in [2.05, 4.69) is 12.2 Å². The van der Waals surface area contributed by atoms with Gasteiger partial charge < -0.3 is 24.8 Å². The Morgan fingerprint density at radius 1 is 1.37 bits per heavy atom. The molecule has 0 saturated carbocycles. The number of allylic oxidation sites excluding steroid dienone is 2. The van der Waals surface area contributed by atoms with E-state index < -0.39 is 31.0 Å². The highest BCUT2D eigenvalue weighted by Crippen LogP contribution is 2.20. The van der Waals surface area contributed by atoms with Gasteiger partial charge in [0.1, 0.15) is 24.4 Å². The number of unbranched alkanes of at least 4 members (excludes halogenated alkanes) is 3. The number of aliphatic hydroxyl groups is 3. The topological polar surface area (TPSA) is 79.2 Å². The van der Waals surface area contributed by atoms with E-state index in [0.717, 1.165) is 25.7 Å². The number of aliphatic hydroxyl groups excluding tert-OH is 3. The maximum Gasteiger partial charge on any atom is 0.114 e. The highest BCUT2D eigenvalue weighted by Gasteiger charge is 2.40. The molecule has 0 spiro atoms. The van der Waals surface area contributed by atoms with Crippen molar-refractivity contribution in [3.63, 3.8) is 0 Å². The molecule has 5 heteroatoms. The fourth-order valence-electron chi connectivity index (χ4n) is 2.15. The molecule has 0 unspecified atom stereocenters. The molecule has 5 nitrogen and oxygen atoms in total. The molecule has 1 heterocycles. The molecule has 0 amide bonds. The summed E-state index contributed by atoms with van der Waals surface area (Å²) in [6.45, 7) is 2.45. The quantitative estimate of drug-likeness (QED) is 0.424. The highest BCUT2D eigenvalue weighted by atomic mass is 16.6. The molecule has 0 bridgehead atoms. The van der Waals surface area contributed by atoms with Crippen molar-refractivity contribution in [1.29, 1.82) is 0 Å². The predicted octanol–water partition coefficient (Wildman–Crippen LogP) is 0.621. The minimum atomic E-state index is -1.05. The van der Waals surface area contributed by atoms with Crippen molar-refractivity contribution < 1.29 is 24.8 Å². The summed E-state index contributed by atoms with van der Waals surface area (Å²) in [6.07, 6.45) is 5.41. The summed E-state index contributed by atoms with van der Waals surface area (Å²) >= 11 is 0. The van der Waals surface area contributed by atoms with Crippen LogP contribution in [0.4, 0.5) is 0 Å². The van der Waals surface area contributed by atoms with Crippen LogP contribution in [0.25, 0.3) is 0 Å². The van der Waals surface area contributed by atoms with Gasteiger partial charge in [-0.05, 0) is 26.2 Å². The van der Waals surface area contributed by atoms with Gasteiger partial charge in [-0.2, -0.15) is 0 Å². The summed E-state index contributed by atoms with van der Waals surface area (Å²) < 4.78 is 10.8. The van der Waals surface area contributed by atoms with Crippen LogP contribution in [0.3, 0.4) is 0 Å². The van der Waals surface area contributed by atoms with Crippen LogP contribution >= 0.6 is 0 Å². The lowest BCUT2D eigenvalue weighted by atomic mass is 10.1. The van der Waals surface area contributed by atoms with Crippen LogP contribution in [-0.2, 0) is 9.47 Å². The van der Waals surface area contributed by atoms with Gasteiger partial charge in [0.05, 0.1) is 13.2 Å². The molecule has 0 aromatic rings. The number of ether oxygens (including phenoxy) is 2. The molecule has 1 aliphatic rings. The SMILES string of the molecule is C/C=C/CCCCCO[C@@H]1CO[C@@H]([C@@H](O)CO)[C@H]1O. The summed E-state index contributed by atoms with van der Waals surface area (Å²) in [5.41, 5.74) is 0. The van der Waals surface area contributed by atoms with E-state index in [0.29, 0.717) is 6.61 Å². The first-order valence-electron chi connectivity index (χ1n) is 7.02. The van der Waals surface area contributed by atoms with Gasteiger partial charge in [-0.15, -0.1) is 0 Å². The van der Waals surface area contributed by atoms with E-state index in [1.807, 2.05) is 6.92 Å². The first kappa shape index (κ1) is 16.6. The van der Waals surface area contributed by atoms with Crippen LogP contribution in [0.2, 0.25) is 0 Å². The average molecular weight is 274 g/mol. The van der Waals surface area contributed by atoms with E-state index >= 15 is 0 Å². The smallest absolute Gasteiger partial charge is 0.114 e. The third-order valence-electron chi connectivity index (χ3n) is 3.32. The molecule has 19 heavy (non-hydrogen) atoms. The Hall–Kier alpha value is -0.460. The Bertz CT molecular complexity index is 256. The highest BCUT2D eigenvalue weighted by molar-refractivity contribution is 4.88. The largest absolute Gasteiger partial charge is 0.394 e. The molecular weight excluding hydrogens is 248 g/mol. The second-order valence-corrected chi connectivity index (χ2v) is 4.87. The van der Waals surface area contributed by atoms with E-state index in [4.69, 9.17) is 14.6 Å². The van der Waals surface area contributed by atoms with Gasteiger partial charge in [0.15, 0.2) is 0 Å². The monoisotopic (exact) mass is 274 g/mol. The van der Waals surface area contributed by atoms with Crippen LogP contribution in [0.5, 0.6) is 0 Å². The van der Waals surface area contributed by atoms with Crippen LogP contribution in [0.15, 0.2) is 12.2 Å². The second kappa shape index (κ2) is 9.44. The van der Waals surface area contributed by atoms with Crippen LogP contribution in [0, 0.1) is 0 Å². The first-order valence-corrected chi connectivity index (χ1v) is 7.02. The molecule has 0 radical (unpaired) electrons. The first-order chi connectivity index (χ1) is 9.20. The van der Waals surface area contributed by atoms with Crippen LogP contribution < -0.4 is 0 Å². The third kappa shape index (κ3) is 5.58. The lowest BCUT2D eigenvalue weighted by Crippen LogP contribution is -2.41. The van der Waals surface area contributed by atoms with Gasteiger partial charge in [-0.25, -0.2) is 0 Å². The lowest BCUT2D eigenvalue weighted by molar-refractivity contribution is -0.0730. The van der Waals surface area contributed by atoms with E-state index in [9.17, 15) is 10.2 Å². The fraction of sp³-hybridized carbons (Fsp3) is 0.857. The Balaban J connectivity index is 2.10. The normalized spacial score (nSPS) is 29.2. The maximum atomic E-state index is 9.89. The summed E-state index contributed by atoms with van der Waals surface area (Å²) in [5.74, 6) is 0. The van der Waals surface area contributed by atoms with Crippen molar-refractivity contribution in [3.05, 3.63) is 12.2 Å².